The van der Waals surface area contributed by atoms with Gasteiger partial charge < -0.3 is 15.0 Å². The molecule has 28 heavy (non-hydrogen) atoms. The molecule has 0 aliphatic carbocycles. The summed E-state index contributed by atoms with van der Waals surface area (Å²) in [6.45, 7) is 1.36. The predicted octanol–water partition coefficient (Wildman–Crippen LogP) is 2.57. The fraction of sp³-hybridized carbons (Fsp3) is 0.286. The Labute approximate surface area is 163 Å². The van der Waals surface area contributed by atoms with E-state index in [9.17, 15) is 18.8 Å². The van der Waals surface area contributed by atoms with E-state index in [0.717, 1.165) is 12.0 Å². The molecule has 2 aromatic rings. The Bertz CT molecular complexity index is 837. The number of halogens is 1. The number of aryl methyl sites for hydroxylation is 1. The number of anilines is 1. The van der Waals surface area contributed by atoms with Crippen LogP contribution in [0.4, 0.5) is 10.1 Å². The van der Waals surface area contributed by atoms with Crippen LogP contribution in [0.2, 0.25) is 0 Å². The molecule has 2 aromatic carbocycles. The summed E-state index contributed by atoms with van der Waals surface area (Å²) in [4.78, 5) is 37.2. The third-order valence-electron chi connectivity index (χ3n) is 4.10. The molecule has 0 heterocycles. The zero-order valence-electron chi connectivity index (χ0n) is 15.9. The number of amides is 2. The molecule has 0 bridgehead atoms. The van der Waals surface area contributed by atoms with Crippen LogP contribution in [-0.4, -0.2) is 42.9 Å². The minimum atomic E-state index is -0.602. The summed E-state index contributed by atoms with van der Waals surface area (Å²) >= 11 is 0. The Hall–Kier alpha value is -3.22. The summed E-state index contributed by atoms with van der Waals surface area (Å²) in [5.74, 6) is -1.83. The van der Waals surface area contributed by atoms with Crippen LogP contribution in [0.5, 0.6) is 0 Å². The molecule has 0 aliphatic rings. The van der Waals surface area contributed by atoms with Crippen LogP contribution in [0.1, 0.15) is 18.1 Å². The smallest absolute Gasteiger partial charge is 0.310 e. The molecule has 0 saturated heterocycles. The minimum Gasteiger partial charge on any atom is -0.455 e. The minimum absolute atomic E-state index is 0.0639. The molecule has 7 heteroatoms. The van der Waals surface area contributed by atoms with Gasteiger partial charge in [-0.15, -0.1) is 0 Å². The largest absolute Gasteiger partial charge is 0.455 e. The van der Waals surface area contributed by atoms with Crippen LogP contribution in [0.25, 0.3) is 0 Å². The van der Waals surface area contributed by atoms with Crippen LogP contribution >= 0.6 is 0 Å². The highest BCUT2D eigenvalue weighted by Crippen LogP contribution is 2.15. The molecule has 0 spiro atoms. The zero-order valence-corrected chi connectivity index (χ0v) is 15.9. The maximum atomic E-state index is 12.9. The van der Waals surface area contributed by atoms with Crippen molar-refractivity contribution in [1.82, 2.24) is 4.90 Å². The maximum absolute atomic E-state index is 12.9. The van der Waals surface area contributed by atoms with Crippen molar-refractivity contribution >= 4 is 23.5 Å². The number of likely N-dealkylation sites (N-methyl/N-ethyl adjacent to an activating group) is 1. The number of hydrogen-bond acceptors (Lipinski definition) is 4. The second-order valence-corrected chi connectivity index (χ2v) is 6.27. The second kappa shape index (κ2) is 10.2. The van der Waals surface area contributed by atoms with Crippen molar-refractivity contribution in [2.24, 2.45) is 0 Å². The Morgan fingerprint density at radius 1 is 1.07 bits per heavy atom. The summed E-state index contributed by atoms with van der Waals surface area (Å²) in [5, 5.41) is 2.78. The molecule has 0 fully saturated rings. The van der Waals surface area contributed by atoms with Crippen molar-refractivity contribution < 1.29 is 23.5 Å². The van der Waals surface area contributed by atoms with E-state index in [1.165, 1.54) is 36.2 Å². The first kappa shape index (κ1) is 21.1. The van der Waals surface area contributed by atoms with Crippen molar-refractivity contribution in [2.45, 2.75) is 19.8 Å². The van der Waals surface area contributed by atoms with Gasteiger partial charge in [-0.2, -0.15) is 0 Å². The van der Waals surface area contributed by atoms with Crippen molar-refractivity contribution in [1.29, 1.82) is 0 Å². The molecule has 2 amide bonds. The second-order valence-electron chi connectivity index (χ2n) is 6.27. The van der Waals surface area contributed by atoms with Gasteiger partial charge in [0.05, 0.1) is 13.0 Å². The van der Waals surface area contributed by atoms with E-state index in [4.69, 9.17) is 4.74 Å². The Morgan fingerprint density at radius 2 is 1.75 bits per heavy atom. The molecular formula is C21H23FN2O4. The molecule has 6 nitrogen and oxygen atoms in total. The summed E-state index contributed by atoms with van der Waals surface area (Å²) < 4.78 is 17.8. The van der Waals surface area contributed by atoms with E-state index in [1.54, 1.807) is 6.07 Å². The van der Waals surface area contributed by atoms with Crippen LogP contribution in [0.3, 0.4) is 0 Å². The van der Waals surface area contributed by atoms with Gasteiger partial charge in [-0.3, -0.25) is 14.4 Å². The standard InChI is InChI=1S/C21H23FN2O4/c1-3-16-6-4-5-7-18(16)23-19(25)13-24(2)20(26)14-28-21(27)12-15-8-10-17(22)11-9-15/h4-11H,3,12-14H2,1-2H3,(H,23,25). The number of esters is 1. The predicted molar refractivity (Wildman–Crippen MR) is 103 cm³/mol. The summed E-state index contributed by atoms with van der Waals surface area (Å²) in [7, 11) is 1.46. The molecule has 0 atom stereocenters. The average molecular weight is 386 g/mol. The van der Waals surface area contributed by atoms with E-state index < -0.39 is 24.3 Å². The molecule has 0 saturated carbocycles. The monoisotopic (exact) mass is 386 g/mol. The lowest BCUT2D eigenvalue weighted by Crippen LogP contribution is -2.37. The number of nitrogens with zero attached hydrogens (tertiary/aromatic N) is 1. The lowest BCUT2D eigenvalue weighted by molar-refractivity contribution is -0.151. The first-order chi connectivity index (χ1) is 13.4. The SMILES string of the molecule is CCc1ccccc1NC(=O)CN(C)C(=O)COC(=O)Cc1ccc(F)cc1. The molecule has 1 N–H and O–H groups in total. The summed E-state index contributed by atoms with van der Waals surface area (Å²) in [6.07, 6.45) is 0.709. The van der Waals surface area contributed by atoms with Gasteiger partial charge in [0.2, 0.25) is 5.91 Å². The van der Waals surface area contributed by atoms with Crippen LogP contribution < -0.4 is 5.32 Å². The van der Waals surface area contributed by atoms with E-state index in [1.807, 2.05) is 25.1 Å². The number of benzene rings is 2. The van der Waals surface area contributed by atoms with E-state index in [-0.39, 0.29) is 18.9 Å². The topological polar surface area (TPSA) is 75.7 Å². The fourth-order valence-corrected chi connectivity index (χ4v) is 2.52. The Kier molecular flexibility index (Phi) is 7.68. The lowest BCUT2D eigenvalue weighted by atomic mass is 10.1. The number of ether oxygens (including phenoxy) is 1. The van der Waals surface area contributed by atoms with Crippen LogP contribution in [0, 0.1) is 5.82 Å². The van der Waals surface area contributed by atoms with Gasteiger partial charge in [-0.05, 0) is 35.7 Å². The number of nitrogens with one attached hydrogen (secondary N) is 1. The summed E-state index contributed by atoms with van der Waals surface area (Å²) in [5.41, 5.74) is 2.29. The van der Waals surface area contributed by atoms with Gasteiger partial charge in [0.15, 0.2) is 6.61 Å². The summed E-state index contributed by atoms with van der Waals surface area (Å²) in [6, 6.07) is 12.9. The molecule has 2 rings (SSSR count). The average Bonchev–Trinajstić information content (AvgIpc) is 2.68. The number of rotatable bonds is 8. The van der Waals surface area contributed by atoms with E-state index >= 15 is 0 Å². The fourth-order valence-electron chi connectivity index (χ4n) is 2.52. The first-order valence-electron chi connectivity index (χ1n) is 8.90. The van der Waals surface area contributed by atoms with Gasteiger partial charge in [-0.25, -0.2) is 4.39 Å². The quantitative estimate of drug-likeness (QED) is 0.708. The molecule has 0 radical (unpaired) electrons. The number of para-hydroxylation sites is 1. The number of hydrogen-bond donors (Lipinski definition) is 1. The van der Waals surface area contributed by atoms with Crippen molar-refractivity contribution in [3.05, 3.63) is 65.5 Å². The maximum Gasteiger partial charge on any atom is 0.310 e. The van der Waals surface area contributed by atoms with Gasteiger partial charge in [-0.1, -0.05) is 37.3 Å². The van der Waals surface area contributed by atoms with Crippen LogP contribution in [0.15, 0.2) is 48.5 Å². The van der Waals surface area contributed by atoms with Crippen molar-refractivity contribution in [3.63, 3.8) is 0 Å². The normalized spacial score (nSPS) is 10.2. The van der Waals surface area contributed by atoms with E-state index in [0.29, 0.717) is 11.3 Å². The molecule has 0 aliphatic heterocycles. The third-order valence-corrected chi connectivity index (χ3v) is 4.10. The Balaban J connectivity index is 1.77. The molecular weight excluding hydrogens is 363 g/mol. The van der Waals surface area contributed by atoms with Gasteiger partial charge >= 0.3 is 5.97 Å². The zero-order chi connectivity index (χ0) is 20.5. The number of carbonyl (C=O) groups is 3. The number of carbonyl (C=O) groups excluding carboxylic acids is 3. The first-order valence-corrected chi connectivity index (χ1v) is 8.90. The Morgan fingerprint density at radius 3 is 2.43 bits per heavy atom. The lowest BCUT2D eigenvalue weighted by Gasteiger charge is -2.17. The molecule has 148 valence electrons. The highest BCUT2D eigenvalue weighted by molar-refractivity contribution is 5.95. The van der Waals surface area contributed by atoms with Crippen LogP contribution in [-0.2, 0) is 32.0 Å². The van der Waals surface area contributed by atoms with E-state index in [2.05, 4.69) is 5.32 Å². The molecule has 0 aromatic heterocycles. The van der Waals surface area contributed by atoms with Gasteiger partial charge in [0.25, 0.3) is 5.91 Å². The molecule has 0 unspecified atom stereocenters. The third kappa shape index (κ3) is 6.50. The van der Waals surface area contributed by atoms with Gasteiger partial charge in [0, 0.05) is 12.7 Å². The highest BCUT2D eigenvalue weighted by Gasteiger charge is 2.16. The van der Waals surface area contributed by atoms with Crippen molar-refractivity contribution in [3.8, 4) is 0 Å². The van der Waals surface area contributed by atoms with Crippen molar-refractivity contribution in [2.75, 3.05) is 25.5 Å². The highest BCUT2D eigenvalue weighted by atomic mass is 19.1. The van der Waals surface area contributed by atoms with Gasteiger partial charge in [0.1, 0.15) is 5.82 Å².